The van der Waals surface area contributed by atoms with Crippen LogP contribution in [-0.2, 0) is 10.0 Å². The van der Waals surface area contributed by atoms with Crippen LogP contribution in [0.25, 0.3) is 5.69 Å². The summed E-state index contributed by atoms with van der Waals surface area (Å²) in [5.74, 6) is 0.244. The van der Waals surface area contributed by atoms with Crippen molar-refractivity contribution in [3.05, 3.63) is 78.6 Å². The van der Waals surface area contributed by atoms with Gasteiger partial charge in [0, 0.05) is 42.3 Å². The number of amidine groups is 1. The van der Waals surface area contributed by atoms with E-state index in [0.717, 1.165) is 24.9 Å². The van der Waals surface area contributed by atoms with E-state index in [1.54, 1.807) is 24.3 Å². The Kier molecular flexibility index (Phi) is 6.18. The molecule has 0 aliphatic carbocycles. The number of carbonyl (C=O) groups is 1. The summed E-state index contributed by atoms with van der Waals surface area (Å²) in [4.78, 5) is 17.1. The van der Waals surface area contributed by atoms with Gasteiger partial charge in [-0.05, 0) is 67.4 Å². The minimum Gasteiger partial charge on any atom is -0.324 e. The molecule has 0 bridgehead atoms. The number of rotatable bonds is 5. The smallest absolute Gasteiger partial charge is 0.262 e. The number of anilines is 1. The van der Waals surface area contributed by atoms with Gasteiger partial charge in [0.25, 0.3) is 15.9 Å². The summed E-state index contributed by atoms with van der Waals surface area (Å²) < 4.78 is 29.8. The summed E-state index contributed by atoms with van der Waals surface area (Å²) in [7, 11) is -3.70. The molecule has 0 unspecified atom stereocenters. The van der Waals surface area contributed by atoms with Gasteiger partial charge >= 0.3 is 0 Å². The van der Waals surface area contributed by atoms with Crippen LogP contribution in [0.5, 0.6) is 0 Å². The maximum absolute atomic E-state index is 12.6. The third-order valence-corrected chi connectivity index (χ3v) is 6.46. The molecule has 0 spiro atoms. The van der Waals surface area contributed by atoms with Gasteiger partial charge in [0.1, 0.15) is 5.84 Å². The van der Waals surface area contributed by atoms with Crippen LogP contribution in [0.3, 0.4) is 0 Å². The molecule has 1 aliphatic rings. The predicted octanol–water partition coefficient (Wildman–Crippen LogP) is 3.98. The highest BCUT2D eigenvalue weighted by molar-refractivity contribution is 7.90. The van der Waals surface area contributed by atoms with E-state index in [4.69, 9.17) is 0 Å². The molecular weight excluding hydrogens is 412 g/mol. The van der Waals surface area contributed by atoms with E-state index in [1.165, 1.54) is 12.1 Å². The van der Waals surface area contributed by atoms with Crippen LogP contribution in [0.2, 0.25) is 0 Å². The Balaban J connectivity index is 1.44. The maximum atomic E-state index is 12.6. The number of nitrogens with zero attached hydrogens (tertiary/aromatic N) is 2. The number of aliphatic imine (C=N–C) groups is 1. The Hall–Kier alpha value is -3.39. The molecule has 7 nitrogen and oxygen atoms in total. The van der Waals surface area contributed by atoms with Crippen LogP contribution in [0.4, 0.5) is 5.69 Å². The average molecular weight is 437 g/mol. The molecule has 1 aliphatic heterocycles. The predicted molar refractivity (Wildman–Crippen MR) is 121 cm³/mol. The van der Waals surface area contributed by atoms with Gasteiger partial charge in [0.15, 0.2) is 0 Å². The molecule has 160 valence electrons. The summed E-state index contributed by atoms with van der Waals surface area (Å²) in [6.07, 6.45) is 7.41. The lowest BCUT2D eigenvalue weighted by atomic mass is 10.2. The summed E-state index contributed by atoms with van der Waals surface area (Å²) in [5, 5.41) is 2.81. The molecule has 0 saturated heterocycles. The fraction of sp³-hybridized carbons (Fsp3) is 0.217. The minimum absolute atomic E-state index is 0.132. The first kappa shape index (κ1) is 20.9. The molecule has 0 saturated carbocycles. The van der Waals surface area contributed by atoms with Crippen LogP contribution in [0.15, 0.2) is 82.9 Å². The first-order chi connectivity index (χ1) is 15.0. The molecule has 3 aromatic rings. The number of amides is 1. The highest BCUT2D eigenvalue weighted by Gasteiger charge is 2.17. The van der Waals surface area contributed by atoms with Crippen LogP contribution >= 0.6 is 0 Å². The van der Waals surface area contributed by atoms with Gasteiger partial charge in [-0.15, -0.1) is 0 Å². The number of hydrogen-bond donors (Lipinski definition) is 2. The Morgan fingerprint density at radius 3 is 2.48 bits per heavy atom. The second-order valence-corrected chi connectivity index (χ2v) is 9.05. The number of hydrogen-bond acceptors (Lipinski definition) is 4. The lowest BCUT2D eigenvalue weighted by Gasteiger charge is -2.11. The molecule has 2 N–H and O–H groups in total. The largest absolute Gasteiger partial charge is 0.324 e. The number of benzene rings is 2. The van der Waals surface area contributed by atoms with Crippen molar-refractivity contribution in [2.45, 2.75) is 30.6 Å². The van der Waals surface area contributed by atoms with Crippen molar-refractivity contribution in [2.24, 2.45) is 4.99 Å². The molecule has 2 aromatic carbocycles. The van der Waals surface area contributed by atoms with Gasteiger partial charge in [-0.25, -0.2) is 8.42 Å². The van der Waals surface area contributed by atoms with Crippen molar-refractivity contribution >= 4 is 27.5 Å². The topological polar surface area (TPSA) is 92.6 Å². The summed E-state index contributed by atoms with van der Waals surface area (Å²) in [6, 6.07) is 17.2. The maximum Gasteiger partial charge on any atom is 0.262 e. The second kappa shape index (κ2) is 9.18. The van der Waals surface area contributed by atoms with Crippen molar-refractivity contribution in [2.75, 3.05) is 11.9 Å². The third kappa shape index (κ3) is 5.21. The molecule has 31 heavy (non-hydrogen) atoms. The zero-order chi connectivity index (χ0) is 21.7. The van der Waals surface area contributed by atoms with Crippen molar-refractivity contribution in [3.8, 4) is 5.69 Å². The van der Waals surface area contributed by atoms with E-state index in [2.05, 4.69) is 15.0 Å². The van der Waals surface area contributed by atoms with E-state index in [9.17, 15) is 13.2 Å². The fourth-order valence-corrected chi connectivity index (χ4v) is 4.50. The Morgan fingerprint density at radius 1 is 0.935 bits per heavy atom. The molecule has 0 atom stereocenters. The Labute approximate surface area is 181 Å². The number of aromatic nitrogens is 1. The van der Waals surface area contributed by atoms with Crippen LogP contribution < -0.4 is 10.0 Å². The summed E-state index contributed by atoms with van der Waals surface area (Å²) >= 11 is 0. The minimum atomic E-state index is -3.70. The van der Waals surface area contributed by atoms with Gasteiger partial charge in [-0.1, -0.05) is 12.5 Å². The van der Waals surface area contributed by atoms with E-state index in [-0.39, 0.29) is 10.8 Å². The Morgan fingerprint density at radius 2 is 1.71 bits per heavy atom. The number of sulfonamides is 1. The summed E-state index contributed by atoms with van der Waals surface area (Å²) in [6.45, 7) is 0.647. The fourth-order valence-electron chi connectivity index (χ4n) is 3.41. The van der Waals surface area contributed by atoms with Gasteiger partial charge in [-0.2, -0.15) is 0 Å². The van der Waals surface area contributed by atoms with Crippen molar-refractivity contribution < 1.29 is 13.2 Å². The van der Waals surface area contributed by atoms with Crippen molar-refractivity contribution in [3.63, 3.8) is 0 Å². The highest BCUT2D eigenvalue weighted by Crippen LogP contribution is 2.17. The molecule has 1 amide bonds. The highest BCUT2D eigenvalue weighted by atomic mass is 32.2. The molecule has 2 heterocycles. The summed E-state index contributed by atoms with van der Waals surface area (Å²) in [5.41, 5.74) is 1.91. The number of carbonyl (C=O) groups excluding carboxylic acids is 1. The lowest BCUT2D eigenvalue weighted by Crippen LogP contribution is -2.30. The zero-order valence-electron chi connectivity index (χ0n) is 17.0. The van der Waals surface area contributed by atoms with Crippen molar-refractivity contribution in [1.82, 2.24) is 9.29 Å². The normalized spacial score (nSPS) is 14.4. The van der Waals surface area contributed by atoms with Gasteiger partial charge < -0.3 is 9.88 Å². The van der Waals surface area contributed by atoms with E-state index in [0.29, 0.717) is 30.1 Å². The third-order valence-electron chi connectivity index (χ3n) is 5.06. The van der Waals surface area contributed by atoms with E-state index >= 15 is 0 Å². The molecule has 4 rings (SSSR count). The van der Waals surface area contributed by atoms with Crippen LogP contribution in [0.1, 0.15) is 36.0 Å². The van der Waals surface area contributed by atoms with Crippen LogP contribution in [0, 0.1) is 0 Å². The SMILES string of the molecule is O=C(Nc1ccc(S(=O)(=O)NC2=NCCCCC2)cc1)c1cccc(-n2cccc2)c1. The molecule has 8 heteroatoms. The van der Waals surface area contributed by atoms with E-state index in [1.807, 2.05) is 41.2 Å². The lowest BCUT2D eigenvalue weighted by molar-refractivity contribution is 0.102. The Bertz CT molecular complexity index is 1180. The van der Waals surface area contributed by atoms with Gasteiger partial charge in [0.05, 0.1) is 4.90 Å². The number of nitrogens with one attached hydrogen (secondary N) is 2. The molecule has 1 aromatic heterocycles. The van der Waals surface area contributed by atoms with Gasteiger partial charge in [-0.3, -0.25) is 14.5 Å². The average Bonchev–Trinajstić information content (AvgIpc) is 3.20. The molecule has 0 radical (unpaired) electrons. The standard InChI is InChI=1S/C23H24N4O3S/c28-23(18-7-6-8-20(17-18)27-15-4-5-16-27)25-19-10-12-21(13-11-19)31(29,30)26-22-9-2-1-3-14-24-22/h4-8,10-13,15-17H,1-3,9,14H2,(H,24,26)(H,25,28). The first-order valence-corrected chi connectivity index (χ1v) is 11.7. The quantitative estimate of drug-likeness (QED) is 0.634. The van der Waals surface area contributed by atoms with Crippen molar-refractivity contribution in [1.29, 1.82) is 0 Å². The van der Waals surface area contributed by atoms with Gasteiger partial charge in [0.2, 0.25) is 0 Å². The monoisotopic (exact) mass is 436 g/mol. The second-order valence-electron chi connectivity index (χ2n) is 7.36. The van der Waals surface area contributed by atoms with Crippen LogP contribution in [-0.4, -0.2) is 31.3 Å². The van der Waals surface area contributed by atoms with E-state index < -0.39 is 10.0 Å². The molecule has 0 fully saturated rings. The zero-order valence-corrected chi connectivity index (χ0v) is 17.8. The molecular formula is C23H24N4O3S. The first-order valence-electron chi connectivity index (χ1n) is 10.2.